The van der Waals surface area contributed by atoms with Gasteiger partial charge in [0.05, 0.1) is 0 Å². The van der Waals surface area contributed by atoms with Crippen molar-refractivity contribution in [1.82, 2.24) is 10.6 Å². The maximum atomic E-state index is 11.4. The Labute approximate surface area is 81.3 Å². The van der Waals surface area contributed by atoms with Gasteiger partial charge in [0.1, 0.15) is 0 Å². The lowest BCUT2D eigenvalue weighted by Crippen LogP contribution is -2.42. The fourth-order valence-corrected chi connectivity index (χ4v) is 0.954. The molecule has 13 heavy (non-hydrogen) atoms. The normalized spacial score (nSPS) is 11.4. The summed E-state index contributed by atoms with van der Waals surface area (Å²) < 4.78 is 0. The van der Waals surface area contributed by atoms with Gasteiger partial charge in [0.2, 0.25) is 5.91 Å². The number of hydrogen-bond donors (Lipinski definition) is 2. The maximum Gasteiger partial charge on any atom is 0.220 e. The molecule has 0 aromatic carbocycles. The zero-order chi connectivity index (χ0) is 10.3. The molecule has 3 nitrogen and oxygen atoms in total. The Bertz CT molecular complexity index is 155. The second kappa shape index (κ2) is 5.97. The van der Waals surface area contributed by atoms with Crippen molar-refractivity contribution < 1.29 is 4.79 Å². The van der Waals surface area contributed by atoms with E-state index in [1.807, 2.05) is 20.9 Å². The molecule has 2 N–H and O–H groups in total. The van der Waals surface area contributed by atoms with Gasteiger partial charge in [0.25, 0.3) is 0 Å². The number of carbonyl (C=O) groups is 1. The standard InChI is InChI=1S/C10H22N2O/c1-5-10(2,3)12-9(13)7-6-8-11-4/h11H,5-8H2,1-4H3,(H,12,13). The minimum atomic E-state index is -0.0588. The van der Waals surface area contributed by atoms with Crippen LogP contribution in [0.25, 0.3) is 0 Å². The molecule has 0 aromatic rings. The summed E-state index contributed by atoms with van der Waals surface area (Å²) in [5.41, 5.74) is -0.0588. The van der Waals surface area contributed by atoms with Gasteiger partial charge < -0.3 is 10.6 Å². The van der Waals surface area contributed by atoms with Crippen molar-refractivity contribution in [2.75, 3.05) is 13.6 Å². The molecule has 0 atom stereocenters. The van der Waals surface area contributed by atoms with Gasteiger partial charge in [-0.1, -0.05) is 6.92 Å². The van der Waals surface area contributed by atoms with Crippen molar-refractivity contribution >= 4 is 5.91 Å². The topological polar surface area (TPSA) is 41.1 Å². The maximum absolute atomic E-state index is 11.4. The van der Waals surface area contributed by atoms with Gasteiger partial charge >= 0.3 is 0 Å². The summed E-state index contributed by atoms with van der Waals surface area (Å²) in [6.45, 7) is 7.07. The molecule has 3 heteroatoms. The Kier molecular flexibility index (Phi) is 5.71. The minimum absolute atomic E-state index is 0.0588. The van der Waals surface area contributed by atoms with Crippen molar-refractivity contribution in [3.05, 3.63) is 0 Å². The van der Waals surface area contributed by atoms with Gasteiger partial charge in [-0.2, -0.15) is 0 Å². The lowest BCUT2D eigenvalue weighted by molar-refractivity contribution is -0.122. The molecule has 0 aromatic heterocycles. The molecule has 0 bridgehead atoms. The van der Waals surface area contributed by atoms with Gasteiger partial charge in [0.15, 0.2) is 0 Å². The molecule has 0 heterocycles. The van der Waals surface area contributed by atoms with E-state index in [0.717, 1.165) is 19.4 Å². The highest BCUT2D eigenvalue weighted by Gasteiger charge is 2.16. The van der Waals surface area contributed by atoms with Crippen LogP contribution in [0.2, 0.25) is 0 Å². The summed E-state index contributed by atoms with van der Waals surface area (Å²) in [7, 11) is 1.90. The van der Waals surface area contributed by atoms with E-state index in [-0.39, 0.29) is 11.4 Å². The first-order valence-corrected chi connectivity index (χ1v) is 4.97. The van der Waals surface area contributed by atoms with E-state index in [1.165, 1.54) is 0 Å². The molecule has 0 radical (unpaired) electrons. The Hall–Kier alpha value is -0.570. The van der Waals surface area contributed by atoms with Crippen LogP contribution in [0.1, 0.15) is 40.0 Å². The van der Waals surface area contributed by atoms with E-state index in [2.05, 4.69) is 17.6 Å². The second-order valence-corrected chi connectivity index (χ2v) is 3.99. The molecule has 0 saturated carbocycles. The Balaban J connectivity index is 3.62. The van der Waals surface area contributed by atoms with E-state index in [1.54, 1.807) is 0 Å². The number of amides is 1. The van der Waals surface area contributed by atoms with Crippen LogP contribution in [0, 0.1) is 0 Å². The zero-order valence-electron chi connectivity index (χ0n) is 9.24. The fraction of sp³-hybridized carbons (Fsp3) is 0.900. The predicted molar refractivity (Wildman–Crippen MR) is 55.7 cm³/mol. The molecule has 0 saturated heterocycles. The third kappa shape index (κ3) is 6.58. The Morgan fingerprint density at radius 2 is 2.00 bits per heavy atom. The number of carbonyl (C=O) groups excluding carboxylic acids is 1. The molecule has 1 amide bonds. The first-order valence-electron chi connectivity index (χ1n) is 4.97. The Morgan fingerprint density at radius 3 is 2.46 bits per heavy atom. The van der Waals surface area contributed by atoms with Crippen LogP contribution in [0.5, 0.6) is 0 Å². The van der Waals surface area contributed by atoms with Crippen molar-refractivity contribution in [3.8, 4) is 0 Å². The third-order valence-electron chi connectivity index (χ3n) is 2.19. The predicted octanol–water partition coefficient (Wildman–Crippen LogP) is 1.29. The fourth-order valence-electron chi connectivity index (χ4n) is 0.954. The highest BCUT2D eigenvalue weighted by molar-refractivity contribution is 5.76. The summed E-state index contributed by atoms with van der Waals surface area (Å²) >= 11 is 0. The molecule has 0 aliphatic heterocycles. The SMILES string of the molecule is CCC(C)(C)NC(=O)CCCNC. The lowest BCUT2D eigenvalue weighted by Gasteiger charge is -2.24. The first kappa shape index (κ1) is 12.4. The van der Waals surface area contributed by atoms with Crippen LogP contribution >= 0.6 is 0 Å². The smallest absolute Gasteiger partial charge is 0.220 e. The van der Waals surface area contributed by atoms with Crippen LogP contribution in [0.3, 0.4) is 0 Å². The zero-order valence-corrected chi connectivity index (χ0v) is 9.24. The quantitative estimate of drug-likeness (QED) is 0.614. The van der Waals surface area contributed by atoms with Crippen molar-refractivity contribution in [1.29, 1.82) is 0 Å². The average Bonchev–Trinajstić information content (AvgIpc) is 2.04. The minimum Gasteiger partial charge on any atom is -0.351 e. The molecule has 0 aliphatic rings. The van der Waals surface area contributed by atoms with E-state index >= 15 is 0 Å². The number of rotatable bonds is 6. The molecule has 0 unspecified atom stereocenters. The molecule has 78 valence electrons. The van der Waals surface area contributed by atoms with E-state index in [0.29, 0.717) is 6.42 Å². The van der Waals surface area contributed by atoms with Gasteiger partial charge in [-0.05, 0) is 40.3 Å². The van der Waals surface area contributed by atoms with Crippen molar-refractivity contribution in [2.24, 2.45) is 0 Å². The largest absolute Gasteiger partial charge is 0.351 e. The van der Waals surface area contributed by atoms with Gasteiger partial charge in [-0.25, -0.2) is 0 Å². The van der Waals surface area contributed by atoms with Gasteiger partial charge in [0, 0.05) is 12.0 Å². The molecule has 0 rings (SSSR count). The Morgan fingerprint density at radius 1 is 1.38 bits per heavy atom. The van der Waals surface area contributed by atoms with E-state index < -0.39 is 0 Å². The molecule has 0 aliphatic carbocycles. The summed E-state index contributed by atoms with van der Waals surface area (Å²) in [4.78, 5) is 11.4. The highest BCUT2D eigenvalue weighted by atomic mass is 16.1. The van der Waals surface area contributed by atoms with Crippen LogP contribution in [-0.4, -0.2) is 25.0 Å². The van der Waals surface area contributed by atoms with E-state index in [4.69, 9.17) is 0 Å². The lowest BCUT2D eigenvalue weighted by atomic mass is 10.0. The molecule has 0 spiro atoms. The van der Waals surface area contributed by atoms with Crippen molar-refractivity contribution in [3.63, 3.8) is 0 Å². The van der Waals surface area contributed by atoms with Crippen LogP contribution in [0.15, 0.2) is 0 Å². The first-order chi connectivity index (χ1) is 6.02. The molecular weight excluding hydrogens is 164 g/mol. The third-order valence-corrected chi connectivity index (χ3v) is 2.19. The summed E-state index contributed by atoms with van der Waals surface area (Å²) in [5, 5.41) is 6.02. The van der Waals surface area contributed by atoms with Crippen molar-refractivity contribution in [2.45, 2.75) is 45.6 Å². The highest BCUT2D eigenvalue weighted by Crippen LogP contribution is 2.07. The molecule has 0 fully saturated rings. The van der Waals surface area contributed by atoms with Crippen LogP contribution in [-0.2, 0) is 4.79 Å². The average molecular weight is 186 g/mol. The second-order valence-electron chi connectivity index (χ2n) is 3.99. The van der Waals surface area contributed by atoms with Crippen LogP contribution in [0.4, 0.5) is 0 Å². The number of hydrogen-bond acceptors (Lipinski definition) is 2. The van der Waals surface area contributed by atoms with Gasteiger partial charge in [-0.15, -0.1) is 0 Å². The van der Waals surface area contributed by atoms with E-state index in [9.17, 15) is 4.79 Å². The summed E-state index contributed by atoms with van der Waals surface area (Å²) in [5.74, 6) is 0.155. The number of nitrogens with one attached hydrogen (secondary N) is 2. The monoisotopic (exact) mass is 186 g/mol. The molecular formula is C10H22N2O. The summed E-state index contributed by atoms with van der Waals surface area (Å²) in [6.07, 6.45) is 2.48. The summed E-state index contributed by atoms with van der Waals surface area (Å²) in [6, 6.07) is 0. The van der Waals surface area contributed by atoms with Crippen LogP contribution < -0.4 is 10.6 Å². The van der Waals surface area contributed by atoms with Gasteiger partial charge in [-0.3, -0.25) is 4.79 Å².